The fraction of sp³-hybridized carbons (Fsp3) is 0.0714. The molecule has 1 aromatic carbocycles. The summed E-state index contributed by atoms with van der Waals surface area (Å²) in [5.41, 5.74) is -0.0906. The highest BCUT2D eigenvalue weighted by atomic mass is 35.5. The fourth-order valence-electron chi connectivity index (χ4n) is 1.75. The van der Waals surface area contributed by atoms with E-state index < -0.39 is 33.8 Å². The number of aromatic nitrogens is 1. The standard InChI is InChI=1S/C14H10ClNO6S/c15-9-1-3-10(4-2-9)23(21,22)13-5-8(7-16-13)11(17)6-12(18)14(19)20/h1-5,7,16H,6H2,(H,19,20). The maximum atomic E-state index is 12.4. The second kappa shape index (κ2) is 6.35. The molecule has 9 heteroatoms. The van der Waals surface area contributed by atoms with Gasteiger partial charge in [0.15, 0.2) is 5.78 Å². The van der Waals surface area contributed by atoms with Crippen LogP contribution >= 0.6 is 11.6 Å². The first-order chi connectivity index (χ1) is 10.7. The van der Waals surface area contributed by atoms with Gasteiger partial charge in [-0.3, -0.25) is 9.59 Å². The number of Topliss-reactive ketones (excluding diaryl/α,β-unsaturated/α-hetero) is 2. The van der Waals surface area contributed by atoms with Crippen molar-refractivity contribution in [1.82, 2.24) is 4.98 Å². The second-order valence-corrected chi connectivity index (χ2v) is 6.89. The van der Waals surface area contributed by atoms with Crippen molar-refractivity contribution in [3.05, 3.63) is 47.1 Å². The lowest BCUT2D eigenvalue weighted by molar-refractivity contribution is -0.148. The summed E-state index contributed by atoms with van der Waals surface area (Å²) in [6, 6.07) is 6.51. The number of carbonyl (C=O) groups is 3. The number of nitrogens with one attached hydrogen (secondary N) is 1. The van der Waals surface area contributed by atoms with E-state index in [-0.39, 0.29) is 15.5 Å². The number of carboxylic acids is 1. The lowest BCUT2D eigenvalue weighted by Crippen LogP contribution is -2.16. The molecule has 0 bridgehead atoms. The highest BCUT2D eigenvalue weighted by Crippen LogP contribution is 2.22. The maximum Gasteiger partial charge on any atom is 0.372 e. The van der Waals surface area contributed by atoms with Crippen molar-refractivity contribution < 1.29 is 27.9 Å². The third-order valence-electron chi connectivity index (χ3n) is 2.95. The molecule has 0 aliphatic rings. The van der Waals surface area contributed by atoms with Crippen LogP contribution in [0.15, 0.2) is 46.5 Å². The molecular formula is C14H10ClNO6S. The first-order valence-electron chi connectivity index (χ1n) is 6.20. The van der Waals surface area contributed by atoms with Crippen molar-refractivity contribution in [2.75, 3.05) is 0 Å². The minimum atomic E-state index is -3.88. The molecule has 1 heterocycles. The van der Waals surface area contributed by atoms with Crippen LogP contribution in [-0.2, 0) is 19.4 Å². The van der Waals surface area contributed by atoms with E-state index in [1.165, 1.54) is 24.3 Å². The summed E-state index contributed by atoms with van der Waals surface area (Å²) in [7, 11) is -3.88. The maximum absolute atomic E-state index is 12.4. The lowest BCUT2D eigenvalue weighted by Gasteiger charge is -2.01. The predicted molar refractivity (Wildman–Crippen MR) is 79.3 cm³/mol. The normalized spacial score (nSPS) is 11.2. The number of aromatic amines is 1. The number of rotatable bonds is 6. The molecule has 0 unspecified atom stereocenters. The Labute approximate surface area is 135 Å². The molecule has 0 saturated carbocycles. The Morgan fingerprint density at radius 1 is 1.13 bits per heavy atom. The lowest BCUT2D eigenvalue weighted by atomic mass is 10.1. The van der Waals surface area contributed by atoms with Crippen LogP contribution < -0.4 is 0 Å². The number of carboxylic acid groups (broad SMARTS) is 1. The minimum Gasteiger partial charge on any atom is -0.475 e. The van der Waals surface area contributed by atoms with Crippen LogP contribution in [0.5, 0.6) is 0 Å². The zero-order chi connectivity index (χ0) is 17.2. The number of benzene rings is 1. The molecule has 120 valence electrons. The predicted octanol–water partition coefficient (Wildman–Crippen LogP) is 1.73. The van der Waals surface area contributed by atoms with Crippen molar-refractivity contribution in [3.63, 3.8) is 0 Å². The second-order valence-electron chi connectivity index (χ2n) is 4.54. The molecule has 0 atom stereocenters. The van der Waals surface area contributed by atoms with E-state index in [2.05, 4.69) is 4.98 Å². The molecule has 23 heavy (non-hydrogen) atoms. The van der Waals surface area contributed by atoms with Gasteiger partial charge in [0.1, 0.15) is 5.03 Å². The smallest absolute Gasteiger partial charge is 0.372 e. The summed E-state index contributed by atoms with van der Waals surface area (Å²) in [4.78, 5) is 35.6. The monoisotopic (exact) mass is 355 g/mol. The molecule has 2 N–H and O–H groups in total. The van der Waals surface area contributed by atoms with Gasteiger partial charge in [0.2, 0.25) is 15.6 Å². The number of halogens is 1. The minimum absolute atomic E-state index is 0.0237. The van der Waals surface area contributed by atoms with Crippen LogP contribution in [0.2, 0.25) is 5.02 Å². The average Bonchev–Trinajstić information content (AvgIpc) is 2.98. The van der Waals surface area contributed by atoms with E-state index in [1.54, 1.807) is 0 Å². The van der Waals surface area contributed by atoms with Gasteiger partial charge in [-0.2, -0.15) is 0 Å². The third kappa shape index (κ3) is 3.66. The van der Waals surface area contributed by atoms with Gasteiger partial charge in [-0.15, -0.1) is 0 Å². The molecule has 2 rings (SSSR count). The number of ketones is 2. The SMILES string of the molecule is O=C(O)C(=O)CC(=O)c1c[nH]c(S(=O)(=O)c2ccc(Cl)cc2)c1. The van der Waals surface area contributed by atoms with Gasteiger partial charge < -0.3 is 10.1 Å². The van der Waals surface area contributed by atoms with Gasteiger partial charge in [0, 0.05) is 16.8 Å². The molecular weight excluding hydrogens is 346 g/mol. The van der Waals surface area contributed by atoms with E-state index in [0.29, 0.717) is 5.02 Å². The molecule has 2 aromatic rings. The summed E-state index contributed by atoms with van der Waals surface area (Å²) in [6.07, 6.45) is 0.272. The molecule has 0 amide bonds. The summed E-state index contributed by atoms with van der Waals surface area (Å²) in [5.74, 6) is -3.77. The number of sulfone groups is 1. The summed E-state index contributed by atoms with van der Waals surface area (Å²) in [6.45, 7) is 0. The van der Waals surface area contributed by atoms with Gasteiger partial charge in [0.25, 0.3) is 0 Å². The van der Waals surface area contributed by atoms with Crippen molar-refractivity contribution >= 4 is 39.0 Å². The Balaban J connectivity index is 2.28. The van der Waals surface area contributed by atoms with E-state index >= 15 is 0 Å². The highest BCUT2D eigenvalue weighted by molar-refractivity contribution is 7.91. The van der Waals surface area contributed by atoms with E-state index in [0.717, 1.165) is 12.3 Å². The number of carbonyl (C=O) groups excluding carboxylic acids is 2. The number of hydrogen-bond donors (Lipinski definition) is 2. The van der Waals surface area contributed by atoms with Crippen molar-refractivity contribution in [1.29, 1.82) is 0 Å². The average molecular weight is 356 g/mol. The third-order valence-corrected chi connectivity index (χ3v) is 4.91. The topological polar surface area (TPSA) is 121 Å². The van der Waals surface area contributed by atoms with Gasteiger partial charge in [-0.1, -0.05) is 11.6 Å². The van der Waals surface area contributed by atoms with Gasteiger partial charge in [0.05, 0.1) is 11.3 Å². The molecule has 0 aliphatic heterocycles. The fourth-order valence-corrected chi connectivity index (χ4v) is 3.12. The van der Waals surface area contributed by atoms with Crippen LogP contribution in [0.25, 0.3) is 0 Å². The van der Waals surface area contributed by atoms with Gasteiger partial charge >= 0.3 is 5.97 Å². The molecule has 1 aromatic heterocycles. The summed E-state index contributed by atoms with van der Waals surface area (Å²) < 4.78 is 24.7. The molecule has 7 nitrogen and oxygen atoms in total. The molecule has 0 spiro atoms. The van der Waals surface area contributed by atoms with E-state index in [1.807, 2.05) is 0 Å². The molecule has 0 fully saturated rings. The molecule has 0 radical (unpaired) electrons. The zero-order valence-electron chi connectivity index (χ0n) is 11.4. The van der Waals surface area contributed by atoms with Crippen molar-refractivity contribution in [2.24, 2.45) is 0 Å². The van der Waals surface area contributed by atoms with Gasteiger partial charge in [-0.25, -0.2) is 13.2 Å². The van der Waals surface area contributed by atoms with Crippen molar-refractivity contribution in [2.45, 2.75) is 16.3 Å². The zero-order valence-corrected chi connectivity index (χ0v) is 13.0. The Bertz CT molecular complexity index is 882. The highest BCUT2D eigenvalue weighted by Gasteiger charge is 2.23. The molecule has 0 aliphatic carbocycles. The molecule has 0 saturated heterocycles. The van der Waals surface area contributed by atoms with Crippen LogP contribution in [0.3, 0.4) is 0 Å². The Kier molecular flexibility index (Phi) is 4.67. The number of hydrogen-bond acceptors (Lipinski definition) is 5. The van der Waals surface area contributed by atoms with Crippen LogP contribution in [0.1, 0.15) is 16.8 Å². The van der Waals surface area contributed by atoms with Crippen molar-refractivity contribution in [3.8, 4) is 0 Å². The van der Waals surface area contributed by atoms with Gasteiger partial charge in [-0.05, 0) is 30.3 Å². The summed E-state index contributed by atoms with van der Waals surface area (Å²) >= 11 is 5.70. The number of aliphatic carboxylic acids is 1. The van der Waals surface area contributed by atoms with E-state index in [4.69, 9.17) is 16.7 Å². The van der Waals surface area contributed by atoms with E-state index in [9.17, 15) is 22.8 Å². The largest absolute Gasteiger partial charge is 0.475 e. The Hall–Kier alpha value is -2.45. The Morgan fingerprint density at radius 2 is 1.74 bits per heavy atom. The summed E-state index contributed by atoms with van der Waals surface area (Å²) in [5, 5.41) is 8.60. The first kappa shape index (κ1) is 16.9. The van der Waals surface area contributed by atoms with Crippen LogP contribution in [0, 0.1) is 0 Å². The Morgan fingerprint density at radius 3 is 2.30 bits per heavy atom. The first-order valence-corrected chi connectivity index (χ1v) is 8.06. The van der Waals surface area contributed by atoms with Crippen LogP contribution in [-0.4, -0.2) is 36.0 Å². The number of H-pyrrole nitrogens is 1. The quantitative estimate of drug-likeness (QED) is 0.462. The van der Waals surface area contributed by atoms with Crippen LogP contribution in [0.4, 0.5) is 0 Å².